The zero-order valence-corrected chi connectivity index (χ0v) is 15.9. The number of benzene rings is 2. The van der Waals surface area contributed by atoms with Gasteiger partial charge in [-0.15, -0.1) is 0 Å². The van der Waals surface area contributed by atoms with Crippen molar-refractivity contribution in [3.63, 3.8) is 0 Å². The number of sulfonamides is 1. The molecule has 0 aliphatic heterocycles. The van der Waals surface area contributed by atoms with Crippen molar-refractivity contribution in [3.05, 3.63) is 58.6 Å². The number of nitrogens with one attached hydrogen (secondary N) is 1. The first-order chi connectivity index (χ1) is 11.4. The van der Waals surface area contributed by atoms with Gasteiger partial charge in [0.1, 0.15) is 0 Å². The number of anilines is 1. The monoisotopic (exact) mass is 410 g/mol. The number of carbonyl (C=O) groups excluding carboxylic acids is 1. The summed E-state index contributed by atoms with van der Waals surface area (Å²) in [7, 11) is -3.71. The molecular weight excluding hydrogens is 392 g/mol. The Balaban J connectivity index is 2.28. The summed E-state index contributed by atoms with van der Waals surface area (Å²) in [5, 5.41) is 0. The molecule has 0 atom stereocenters. The number of amides is 1. The van der Waals surface area contributed by atoms with Gasteiger partial charge in [0.05, 0.1) is 4.90 Å². The topological polar surface area (TPSA) is 66.5 Å². The number of carbonyl (C=O) groups is 1. The highest BCUT2D eigenvalue weighted by Gasteiger charge is 2.17. The maximum atomic E-state index is 12.5. The van der Waals surface area contributed by atoms with Gasteiger partial charge in [-0.2, -0.15) is 0 Å². The Bertz CT molecular complexity index is 833. The molecule has 0 heterocycles. The number of hydrogen-bond donors (Lipinski definition) is 1. The summed E-state index contributed by atoms with van der Waals surface area (Å²) in [6.07, 6.45) is 0. The van der Waals surface area contributed by atoms with Crippen LogP contribution in [0.3, 0.4) is 0 Å². The Hall–Kier alpha value is -1.86. The van der Waals surface area contributed by atoms with Gasteiger partial charge in [-0.25, -0.2) is 8.42 Å². The summed E-state index contributed by atoms with van der Waals surface area (Å²) < 4.78 is 28.1. The third-order valence-corrected chi connectivity index (χ3v) is 5.39. The molecule has 0 saturated heterocycles. The first-order valence-corrected chi connectivity index (χ1v) is 9.82. The zero-order valence-electron chi connectivity index (χ0n) is 13.5. The van der Waals surface area contributed by atoms with E-state index in [0.29, 0.717) is 28.8 Å². The van der Waals surface area contributed by atoms with E-state index in [9.17, 15) is 13.2 Å². The molecule has 5 nitrogen and oxygen atoms in total. The molecule has 0 fully saturated rings. The van der Waals surface area contributed by atoms with E-state index in [1.54, 1.807) is 41.3 Å². The average molecular weight is 411 g/mol. The molecule has 1 amide bonds. The molecule has 0 spiro atoms. The summed E-state index contributed by atoms with van der Waals surface area (Å²) in [5.74, 6) is -0.122. The molecule has 2 rings (SSSR count). The van der Waals surface area contributed by atoms with E-state index in [-0.39, 0.29) is 10.8 Å². The van der Waals surface area contributed by atoms with Crippen LogP contribution in [0.4, 0.5) is 5.69 Å². The third-order valence-electron chi connectivity index (χ3n) is 3.52. The van der Waals surface area contributed by atoms with Crippen LogP contribution in [0.25, 0.3) is 0 Å². The fourth-order valence-corrected chi connectivity index (χ4v) is 3.90. The van der Waals surface area contributed by atoms with Crippen molar-refractivity contribution in [1.29, 1.82) is 0 Å². The van der Waals surface area contributed by atoms with E-state index in [4.69, 9.17) is 0 Å². The molecule has 1 N–H and O–H groups in total. The smallest absolute Gasteiger partial charge is 0.261 e. The lowest BCUT2D eigenvalue weighted by Crippen LogP contribution is -2.30. The quantitative estimate of drug-likeness (QED) is 0.788. The lowest BCUT2D eigenvalue weighted by atomic mass is 10.2. The highest BCUT2D eigenvalue weighted by atomic mass is 79.9. The lowest BCUT2D eigenvalue weighted by molar-refractivity contribution is 0.0773. The summed E-state index contributed by atoms with van der Waals surface area (Å²) in [4.78, 5) is 14.2. The van der Waals surface area contributed by atoms with E-state index in [2.05, 4.69) is 20.7 Å². The van der Waals surface area contributed by atoms with Crippen molar-refractivity contribution in [2.45, 2.75) is 18.7 Å². The summed E-state index contributed by atoms with van der Waals surface area (Å²) in [5.41, 5.74) is 0.807. The minimum absolute atomic E-state index is 0.122. The summed E-state index contributed by atoms with van der Waals surface area (Å²) >= 11 is 3.26. The molecule has 7 heteroatoms. The first-order valence-electron chi connectivity index (χ1n) is 7.55. The SMILES string of the molecule is CCN(CC)C(=O)c1cccc(NS(=O)(=O)c2cccc(Br)c2)c1. The minimum Gasteiger partial charge on any atom is -0.339 e. The van der Waals surface area contributed by atoms with E-state index in [1.807, 2.05) is 13.8 Å². The molecule has 0 saturated carbocycles. The average Bonchev–Trinajstić information content (AvgIpc) is 2.55. The largest absolute Gasteiger partial charge is 0.339 e. The second kappa shape index (κ2) is 7.81. The molecule has 128 valence electrons. The summed E-state index contributed by atoms with van der Waals surface area (Å²) in [6.45, 7) is 5.01. The van der Waals surface area contributed by atoms with Crippen molar-refractivity contribution in [3.8, 4) is 0 Å². The first kappa shape index (κ1) is 18.5. The van der Waals surface area contributed by atoms with Crippen LogP contribution in [0, 0.1) is 0 Å². The zero-order chi connectivity index (χ0) is 17.7. The Kier molecular flexibility index (Phi) is 6.01. The fourth-order valence-electron chi connectivity index (χ4n) is 2.26. The fraction of sp³-hybridized carbons (Fsp3) is 0.235. The highest BCUT2D eigenvalue weighted by Crippen LogP contribution is 2.20. The van der Waals surface area contributed by atoms with Gasteiger partial charge in [0.15, 0.2) is 0 Å². The van der Waals surface area contributed by atoms with Crippen LogP contribution >= 0.6 is 15.9 Å². The van der Waals surface area contributed by atoms with E-state index in [1.165, 1.54) is 12.1 Å². The molecule has 0 aromatic heterocycles. The van der Waals surface area contributed by atoms with E-state index in [0.717, 1.165) is 0 Å². The molecule has 24 heavy (non-hydrogen) atoms. The predicted molar refractivity (Wildman–Crippen MR) is 98.6 cm³/mol. The predicted octanol–water partition coefficient (Wildman–Crippen LogP) is 3.73. The van der Waals surface area contributed by atoms with Gasteiger partial charge >= 0.3 is 0 Å². The molecule has 0 bridgehead atoms. The number of rotatable bonds is 6. The lowest BCUT2D eigenvalue weighted by Gasteiger charge is -2.19. The molecule has 2 aromatic rings. The standard InChI is InChI=1S/C17H19BrN2O3S/c1-3-20(4-2)17(21)13-7-5-9-15(11-13)19-24(22,23)16-10-6-8-14(18)12-16/h5-12,19H,3-4H2,1-2H3. The van der Waals surface area contributed by atoms with Gasteiger partial charge in [-0.1, -0.05) is 28.1 Å². The maximum absolute atomic E-state index is 12.5. The van der Waals surface area contributed by atoms with E-state index < -0.39 is 10.0 Å². The van der Waals surface area contributed by atoms with Gasteiger partial charge < -0.3 is 4.90 Å². The van der Waals surface area contributed by atoms with Gasteiger partial charge in [-0.05, 0) is 50.2 Å². The van der Waals surface area contributed by atoms with Crippen LogP contribution in [0.15, 0.2) is 57.9 Å². The van der Waals surface area contributed by atoms with Crippen molar-refractivity contribution < 1.29 is 13.2 Å². The van der Waals surface area contributed by atoms with Crippen molar-refractivity contribution in [1.82, 2.24) is 4.90 Å². The van der Waals surface area contributed by atoms with Crippen molar-refractivity contribution >= 4 is 37.5 Å². The molecule has 0 radical (unpaired) electrons. The normalized spacial score (nSPS) is 11.1. The maximum Gasteiger partial charge on any atom is 0.261 e. The minimum atomic E-state index is -3.71. The van der Waals surface area contributed by atoms with Crippen LogP contribution in [0.5, 0.6) is 0 Å². The Morgan fingerprint density at radius 1 is 1.08 bits per heavy atom. The number of halogens is 1. The molecule has 0 aliphatic rings. The third kappa shape index (κ3) is 4.36. The van der Waals surface area contributed by atoms with Crippen molar-refractivity contribution in [2.24, 2.45) is 0 Å². The van der Waals surface area contributed by atoms with Gasteiger partial charge in [0, 0.05) is 28.8 Å². The van der Waals surface area contributed by atoms with Crippen LogP contribution in [-0.2, 0) is 10.0 Å². The number of hydrogen-bond acceptors (Lipinski definition) is 3. The Morgan fingerprint density at radius 3 is 2.38 bits per heavy atom. The van der Waals surface area contributed by atoms with Crippen LogP contribution in [-0.4, -0.2) is 32.3 Å². The van der Waals surface area contributed by atoms with Gasteiger partial charge in [0.2, 0.25) is 0 Å². The molecule has 2 aromatic carbocycles. The molecular formula is C17H19BrN2O3S. The molecule has 0 aliphatic carbocycles. The van der Waals surface area contributed by atoms with Gasteiger partial charge in [0.25, 0.3) is 15.9 Å². The van der Waals surface area contributed by atoms with E-state index >= 15 is 0 Å². The second-order valence-electron chi connectivity index (χ2n) is 5.12. The Labute approximate surface area is 150 Å². The second-order valence-corrected chi connectivity index (χ2v) is 7.72. The van der Waals surface area contributed by atoms with Crippen LogP contribution in [0.1, 0.15) is 24.2 Å². The van der Waals surface area contributed by atoms with Crippen molar-refractivity contribution in [2.75, 3.05) is 17.8 Å². The van der Waals surface area contributed by atoms with Gasteiger partial charge in [-0.3, -0.25) is 9.52 Å². The van der Waals surface area contributed by atoms with Crippen LogP contribution < -0.4 is 4.72 Å². The number of nitrogens with zero attached hydrogens (tertiary/aromatic N) is 1. The molecule has 0 unspecified atom stereocenters. The highest BCUT2D eigenvalue weighted by molar-refractivity contribution is 9.10. The Morgan fingerprint density at radius 2 is 1.75 bits per heavy atom. The van der Waals surface area contributed by atoms with Crippen LogP contribution in [0.2, 0.25) is 0 Å². The summed E-state index contributed by atoms with van der Waals surface area (Å²) in [6, 6.07) is 12.9.